The van der Waals surface area contributed by atoms with Crippen molar-refractivity contribution >= 4 is 11.8 Å². The summed E-state index contributed by atoms with van der Waals surface area (Å²) in [6.07, 6.45) is 0.173. The number of hydrogen-bond acceptors (Lipinski definition) is 3. The van der Waals surface area contributed by atoms with Crippen molar-refractivity contribution in [1.29, 1.82) is 0 Å². The van der Waals surface area contributed by atoms with E-state index in [-0.39, 0.29) is 24.0 Å². The molecule has 2 amide bonds. The van der Waals surface area contributed by atoms with Crippen LogP contribution in [0.4, 0.5) is 0 Å². The topological polar surface area (TPSA) is 57.6 Å². The second-order valence-corrected chi connectivity index (χ2v) is 3.28. The van der Waals surface area contributed by atoms with Gasteiger partial charge in [0.05, 0.1) is 6.42 Å². The first-order valence-electron chi connectivity index (χ1n) is 4.22. The van der Waals surface area contributed by atoms with Crippen molar-refractivity contribution in [2.75, 3.05) is 7.05 Å². The van der Waals surface area contributed by atoms with Crippen LogP contribution in [0.1, 0.15) is 15.9 Å². The van der Waals surface area contributed by atoms with E-state index in [9.17, 15) is 14.7 Å². The predicted molar refractivity (Wildman–Crippen MR) is 48.9 cm³/mol. The zero-order chi connectivity index (χ0) is 10.3. The van der Waals surface area contributed by atoms with E-state index in [4.69, 9.17) is 0 Å². The van der Waals surface area contributed by atoms with E-state index >= 15 is 0 Å². The average molecular weight is 191 g/mol. The minimum absolute atomic E-state index is 0.0777. The fourth-order valence-electron chi connectivity index (χ4n) is 1.51. The Morgan fingerprint density at radius 1 is 1.36 bits per heavy atom. The first-order valence-corrected chi connectivity index (χ1v) is 4.22. The molecule has 1 N–H and O–H groups in total. The molecule has 0 aromatic heterocycles. The molecule has 0 atom stereocenters. The van der Waals surface area contributed by atoms with Gasteiger partial charge in [0.1, 0.15) is 5.75 Å². The summed E-state index contributed by atoms with van der Waals surface area (Å²) in [5.74, 6) is -0.474. The monoisotopic (exact) mass is 191 g/mol. The van der Waals surface area contributed by atoms with Gasteiger partial charge in [0, 0.05) is 12.6 Å². The Balaban J connectivity index is 2.56. The molecule has 0 unspecified atom stereocenters. The minimum atomic E-state index is -0.309. The highest BCUT2D eigenvalue weighted by atomic mass is 16.3. The van der Waals surface area contributed by atoms with Crippen molar-refractivity contribution in [2.45, 2.75) is 6.42 Å². The van der Waals surface area contributed by atoms with Gasteiger partial charge in [0.25, 0.3) is 5.91 Å². The van der Waals surface area contributed by atoms with Crippen LogP contribution in [0.2, 0.25) is 0 Å². The minimum Gasteiger partial charge on any atom is -0.508 e. The molecular formula is C10H9NO3. The van der Waals surface area contributed by atoms with Crippen molar-refractivity contribution < 1.29 is 14.7 Å². The lowest BCUT2D eigenvalue weighted by atomic mass is 9.99. The Labute approximate surface area is 80.8 Å². The van der Waals surface area contributed by atoms with Gasteiger partial charge in [-0.25, -0.2) is 0 Å². The van der Waals surface area contributed by atoms with Gasteiger partial charge in [-0.15, -0.1) is 0 Å². The number of fused-ring (bicyclic) bond motifs is 1. The van der Waals surface area contributed by atoms with E-state index in [1.807, 2.05) is 0 Å². The highest BCUT2D eigenvalue weighted by Crippen LogP contribution is 2.22. The number of phenols is 1. The lowest BCUT2D eigenvalue weighted by molar-refractivity contribution is -0.127. The molecule has 0 bridgehead atoms. The van der Waals surface area contributed by atoms with E-state index in [0.717, 1.165) is 4.90 Å². The van der Waals surface area contributed by atoms with E-state index in [0.29, 0.717) is 11.1 Å². The number of phenolic OH excluding ortho intramolecular Hbond substituents is 1. The van der Waals surface area contributed by atoms with Gasteiger partial charge in [-0.05, 0) is 23.8 Å². The lowest BCUT2D eigenvalue weighted by Gasteiger charge is -2.22. The molecule has 0 saturated heterocycles. The first kappa shape index (κ1) is 8.74. The summed E-state index contributed by atoms with van der Waals surface area (Å²) in [5.41, 5.74) is 1.09. The Bertz CT molecular complexity index is 425. The van der Waals surface area contributed by atoms with Crippen LogP contribution in [0.5, 0.6) is 5.75 Å². The molecule has 1 aromatic rings. The Kier molecular flexibility index (Phi) is 1.77. The van der Waals surface area contributed by atoms with Gasteiger partial charge < -0.3 is 5.11 Å². The van der Waals surface area contributed by atoms with Crippen LogP contribution in [-0.2, 0) is 11.2 Å². The SMILES string of the molecule is CN1C(=O)Cc2cc(O)ccc2C1=O. The molecular weight excluding hydrogens is 182 g/mol. The van der Waals surface area contributed by atoms with E-state index in [1.54, 1.807) is 0 Å². The van der Waals surface area contributed by atoms with Crippen LogP contribution in [0.3, 0.4) is 0 Å². The molecule has 72 valence electrons. The number of aromatic hydroxyl groups is 1. The van der Waals surface area contributed by atoms with Crippen molar-refractivity contribution in [3.8, 4) is 5.75 Å². The summed E-state index contributed by atoms with van der Waals surface area (Å²) in [6.45, 7) is 0. The molecule has 0 radical (unpaired) electrons. The van der Waals surface area contributed by atoms with Crippen LogP contribution in [0, 0.1) is 0 Å². The van der Waals surface area contributed by atoms with Crippen molar-refractivity contribution in [3.05, 3.63) is 29.3 Å². The highest BCUT2D eigenvalue weighted by Gasteiger charge is 2.27. The van der Waals surface area contributed by atoms with E-state index in [2.05, 4.69) is 0 Å². The smallest absolute Gasteiger partial charge is 0.260 e. The van der Waals surface area contributed by atoms with Crippen LogP contribution >= 0.6 is 0 Å². The van der Waals surface area contributed by atoms with Crippen molar-refractivity contribution in [3.63, 3.8) is 0 Å². The third-order valence-corrected chi connectivity index (χ3v) is 2.34. The second kappa shape index (κ2) is 2.83. The van der Waals surface area contributed by atoms with Crippen LogP contribution in [-0.4, -0.2) is 28.9 Å². The molecule has 4 heteroatoms. The summed E-state index contributed by atoms with van der Waals surface area (Å²) in [6, 6.07) is 4.44. The zero-order valence-electron chi connectivity index (χ0n) is 7.65. The molecule has 0 aliphatic carbocycles. The quantitative estimate of drug-likeness (QED) is 0.609. The maximum atomic E-state index is 11.6. The molecule has 4 nitrogen and oxygen atoms in total. The molecule has 0 saturated carbocycles. The number of imide groups is 1. The number of carbonyl (C=O) groups excluding carboxylic acids is 2. The van der Waals surface area contributed by atoms with Crippen LogP contribution in [0.15, 0.2) is 18.2 Å². The normalized spacial score (nSPS) is 15.6. The van der Waals surface area contributed by atoms with Gasteiger partial charge in [0.15, 0.2) is 0 Å². The summed E-state index contributed by atoms with van der Waals surface area (Å²) < 4.78 is 0. The van der Waals surface area contributed by atoms with Crippen molar-refractivity contribution in [1.82, 2.24) is 4.90 Å². The maximum absolute atomic E-state index is 11.6. The molecule has 1 heterocycles. The summed E-state index contributed by atoms with van der Waals surface area (Å²) in [5, 5.41) is 9.19. The Hall–Kier alpha value is -1.84. The third-order valence-electron chi connectivity index (χ3n) is 2.34. The average Bonchev–Trinajstić information content (AvgIpc) is 2.14. The molecule has 0 spiro atoms. The van der Waals surface area contributed by atoms with E-state index < -0.39 is 0 Å². The molecule has 1 aliphatic heterocycles. The number of amides is 2. The number of benzene rings is 1. The Morgan fingerprint density at radius 2 is 2.07 bits per heavy atom. The number of rotatable bonds is 0. The predicted octanol–water partition coefficient (Wildman–Crippen LogP) is 0.547. The molecule has 0 fully saturated rings. The van der Waals surface area contributed by atoms with Gasteiger partial charge in [-0.1, -0.05) is 0 Å². The summed E-state index contributed by atoms with van der Waals surface area (Å²) in [7, 11) is 1.46. The number of likely N-dealkylation sites (N-methyl/N-ethyl adjacent to an activating group) is 1. The maximum Gasteiger partial charge on any atom is 0.260 e. The number of carbonyl (C=O) groups is 2. The molecule has 1 aromatic carbocycles. The largest absolute Gasteiger partial charge is 0.508 e. The fraction of sp³-hybridized carbons (Fsp3) is 0.200. The number of hydrogen-bond donors (Lipinski definition) is 1. The van der Waals surface area contributed by atoms with Crippen LogP contribution in [0.25, 0.3) is 0 Å². The second-order valence-electron chi connectivity index (χ2n) is 3.28. The Morgan fingerprint density at radius 3 is 2.79 bits per heavy atom. The first-order chi connectivity index (χ1) is 6.59. The molecule has 2 rings (SSSR count). The molecule has 1 aliphatic rings. The lowest BCUT2D eigenvalue weighted by Crippen LogP contribution is -2.39. The van der Waals surface area contributed by atoms with Crippen molar-refractivity contribution in [2.24, 2.45) is 0 Å². The van der Waals surface area contributed by atoms with Gasteiger partial charge in [0.2, 0.25) is 5.91 Å². The van der Waals surface area contributed by atoms with Gasteiger partial charge in [-0.2, -0.15) is 0 Å². The highest BCUT2D eigenvalue weighted by molar-refractivity contribution is 6.09. The number of nitrogens with zero attached hydrogens (tertiary/aromatic N) is 1. The van der Waals surface area contributed by atoms with Crippen LogP contribution < -0.4 is 0 Å². The van der Waals surface area contributed by atoms with Gasteiger partial charge in [-0.3, -0.25) is 14.5 Å². The third kappa shape index (κ3) is 1.16. The summed E-state index contributed by atoms with van der Waals surface area (Å²) in [4.78, 5) is 24.0. The zero-order valence-corrected chi connectivity index (χ0v) is 7.65. The van der Waals surface area contributed by atoms with E-state index in [1.165, 1.54) is 25.2 Å². The fourth-order valence-corrected chi connectivity index (χ4v) is 1.51. The summed E-state index contributed by atoms with van der Waals surface area (Å²) >= 11 is 0. The van der Waals surface area contributed by atoms with Gasteiger partial charge >= 0.3 is 0 Å². The molecule has 14 heavy (non-hydrogen) atoms. The standard InChI is InChI=1S/C10H9NO3/c1-11-9(13)5-6-4-7(12)2-3-8(6)10(11)14/h2-4,12H,5H2,1H3.